The van der Waals surface area contributed by atoms with Gasteiger partial charge < -0.3 is 37.3 Å². The lowest BCUT2D eigenvalue weighted by molar-refractivity contribution is -0.904. The molecule has 0 aliphatic rings. The van der Waals surface area contributed by atoms with Crippen LogP contribution in [0.2, 0.25) is 0 Å². The first-order chi connectivity index (χ1) is 16.5. The van der Waals surface area contributed by atoms with Crippen molar-refractivity contribution >= 4 is 0 Å². The van der Waals surface area contributed by atoms with Crippen molar-refractivity contribution < 1.29 is 37.3 Å². The average Bonchev–Trinajstić information content (AvgIpc) is 2.84. The summed E-state index contributed by atoms with van der Waals surface area (Å²) >= 11 is 0. The molecule has 0 aliphatic heterocycles. The van der Waals surface area contributed by atoms with Crippen molar-refractivity contribution in [2.45, 2.75) is 129 Å². The number of unbranched alkanes of at least 4 members (excludes halogenated alkanes) is 16. The first-order valence-corrected chi connectivity index (χ1v) is 14.4. The third kappa shape index (κ3) is 31.8. The zero-order valence-corrected chi connectivity index (χ0v) is 24.2. The molecule has 6 heteroatoms. The van der Waals surface area contributed by atoms with Gasteiger partial charge in [-0.25, -0.2) is 0 Å². The van der Waals surface area contributed by atoms with Crippen LogP contribution in [0, 0.1) is 0 Å². The van der Waals surface area contributed by atoms with Gasteiger partial charge in [-0.1, -0.05) is 103 Å². The maximum absolute atomic E-state index is 8.99. The molecular weight excluding hydrogens is 462 g/mol. The molecule has 0 fully saturated rings. The fourth-order valence-electron chi connectivity index (χ4n) is 4.31. The number of aliphatic hydroxyl groups excluding tert-OH is 4. The van der Waals surface area contributed by atoms with E-state index in [0.29, 0.717) is 6.61 Å². The highest BCUT2D eigenvalue weighted by Crippen LogP contribution is 2.15. The number of halogens is 1. The van der Waals surface area contributed by atoms with Crippen molar-refractivity contribution in [2.24, 2.45) is 0 Å². The quantitative estimate of drug-likeness (QED) is 0.0842. The zero-order valence-electron chi connectivity index (χ0n) is 23.4. The van der Waals surface area contributed by atoms with E-state index >= 15 is 0 Å². The molecule has 0 heterocycles. The van der Waals surface area contributed by atoms with Gasteiger partial charge in [0, 0.05) is 6.61 Å². The minimum atomic E-state index is -0.954. The van der Waals surface area contributed by atoms with Crippen LogP contribution in [0.1, 0.15) is 122 Å². The molecule has 1 atom stereocenters. The smallest absolute Gasteiger partial charge is 0.100 e. The maximum atomic E-state index is 8.99. The normalized spacial score (nSPS) is 12.5. The summed E-state index contributed by atoms with van der Waals surface area (Å²) in [5, 5.41) is 33.0. The topological polar surface area (TPSA) is 80.9 Å². The monoisotopic (exact) mass is 523 g/mol. The van der Waals surface area contributed by atoms with Crippen LogP contribution in [0.3, 0.4) is 0 Å². The molecule has 0 rings (SSSR count). The van der Waals surface area contributed by atoms with Gasteiger partial charge in [-0.05, 0) is 31.8 Å². The van der Waals surface area contributed by atoms with Crippen LogP contribution < -0.4 is 12.4 Å². The Morgan fingerprint density at radius 3 is 1.26 bits per heavy atom. The van der Waals surface area contributed by atoms with Gasteiger partial charge in [-0.2, -0.15) is 0 Å². The molecule has 35 heavy (non-hydrogen) atoms. The van der Waals surface area contributed by atoms with E-state index < -0.39 is 6.10 Å². The number of aliphatic hydroxyl groups is 4. The van der Waals surface area contributed by atoms with E-state index in [1.54, 1.807) is 0 Å². The van der Waals surface area contributed by atoms with Crippen molar-refractivity contribution in [3.8, 4) is 0 Å². The van der Waals surface area contributed by atoms with E-state index in [-0.39, 0.29) is 25.6 Å². The fraction of sp³-hybridized carbons (Fsp3) is 0.931. The van der Waals surface area contributed by atoms with Crippen LogP contribution in [0.5, 0.6) is 0 Å². The summed E-state index contributed by atoms with van der Waals surface area (Å²) in [6, 6.07) is 0. The lowest BCUT2D eigenvalue weighted by Gasteiger charge is -2.33. The lowest BCUT2D eigenvalue weighted by atomic mass is 10.0. The van der Waals surface area contributed by atoms with Gasteiger partial charge in [0.15, 0.2) is 0 Å². The summed E-state index contributed by atoms with van der Waals surface area (Å²) in [5.74, 6) is 0. The summed E-state index contributed by atoms with van der Waals surface area (Å²) in [4.78, 5) is 0. The van der Waals surface area contributed by atoms with Gasteiger partial charge in [-0.3, -0.25) is 0 Å². The largest absolute Gasteiger partial charge is 1.00 e. The average molecular weight is 524 g/mol. The molecule has 4 N–H and O–H groups in total. The Hall–Kier alpha value is -0.170. The van der Waals surface area contributed by atoms with Crippen molar-refractivity contribution in [2.75, 3.05) is 46.5 Å². The summed E-state index contributed by atoms with van der Waals surface area (Å²) in [5.41, 5.74) is 0. The second kappa shape index (κ2) is 31.9. The molecule has 0 aromatic heterocycles. The Morgan fingerprint density at radius 1 is 0.629 bits per heavy atom. The molecule has 0 saturated heterocycles. The molecule has 1 unspecified atom stereocenters. The molecule has 0 aliphatic carbocycles. The summed E-state index contributed by atoms with van der Waals surface area (Å²) in [6.07, 6.45) is 26.1. The Balaban J connectivity index is -0.00000129. The van der Waals surface area contributed by atoms with Gasteiger partial charge in [0.2, 0.25) is 0 Å². The van der Waals surface area contributed by atoms with Crippen LogP contribution in [0.4, 0.5) is 0 Å². The molecule has 214 valence electrons. The van der Waals surface area contributed by atoms with Gasteiger partial charge in [-0.15, -0.1) is 0 Å². The van der Waals surface area contributed by atoms with Gasteiger partial charge in [0.1, 0.15) is 6.10 Å². The number of rotatable bonds is 25. The first kappa shape index (κ1) is 39.3. The lowest BCUT2D eigenvalue weighted by Crippen LogP contribution is -3.00. The standard InChI is InChI=1S/C26H54NO.C3H8O3.ClH/c1-4-6-7-8-9-10-11-12-13-14-15-16-17-18-19-20-24-27(3,23-5-2)25-21-22-26-28;4-1-3(6)2-5;/h5,28H,2,4,6-26H2,1,3H3;3-6H,1-2H2;1H/q+1;;/p-1. The minimum Gasteiger partial charge on any atom is -1.00 e. The summed E-state index contributed by atoms with van der Waals surface area (Å²) in [6.45, 7) is 9.32. The Bertz CT molecular complexity index is 397. The van der Waals surface area contributed by atoms with Crippen molar-refractivity contribution in [3.05, 3.63) is 12.7 Å². The Labute approximate surface area is 225 Å². The minimum absolute atomic E-state index is 0. The number of likely N-dealkylation sites (N-methyl/N-ethyl adjacent to an activating group) is 1. The van der Waals surface area contributed by atoms with E-state index in [1.807, 2.05) is 0 Å². The number of hydrogen-bond donors (Lipinski definition) is 4. The predicted octanol–water partition coefficient (Wildman–Crippen LogP) is 2.99. The fourth-order valence-corrected chi connectivity index (χ4v) is 4.31. The molecule has 0 radical (unpaired) electrons. The van der Waals surface area contributed by atoms with E-state index in [1.165, 1.54) is 116 Å². The first-order valence-electron chi connectivity index (χ1n) is 14.4. The molecule has 0 saturated carbocycles. The zero-order chi connectivity index (χ0) is 25.8. The number of nitrogens with zero attached hydrogens (tertiary/aromatic N) is 1. The van der Waals surface area contributed by atoms with E-state index in [0.717, 1.165) is 23.9 Å². The van der Waals surface area contributed by atoms with Crippen molar-refractivity contribution in [1.29, 1.82) is 0 Å². The van der Waals surface area contributed by atoms with Crippen molar-refractivity contribution in [1.82, 2.24) is 0 Å². The highest BCUT2D eigenvalue weighted by Gasteiger charge is 2.18. The Morgan fingerprint density at radius 2 is 0.971 bits per heavy atom. The van der Waals surface area contributed by atoms with Gasteiger partial charge >= 0.3 is 0 Å². The van der Waals surface area contributed by atoms with E-state index in [9.17, 15) is 0 Å². The summed E-state index contributed by atoms with van der Waals surface area (Å²) < 4.78 is 1.10. The Kier molecular flexibility index (Phi) is 35.8. The van der Waals surface area contributed by atoms with E-state index in [2.05, 4.69) is 26.6 Å². The highest BCUT2D eigenvalue weighted by atomic mass is 35.5. The van der Waals surface area contributed by atoms with Gasteiger partial charge in [0.05, 0.1) is 39.9 Å². The van der Waals surface area contributed by atoms with Crippen molar-refractivity contribution in [3.63, 3.8) is 0 Å². The van der Waals surface area contributed by atoms with Crippen LogP contribution in [-0.4, -0.2) is 77.5 Å². The number of hydrogen-bond acceptors (Lipinski definition) is 4. The SMILES string of the molecule is C=CC[N+](C)(CCCCO)CCCCCCCCCCCCCCCCCC.OCC(O)CO.[Cl-]. The maximum Gasteiger partial charge on any atom is 0.100 e. The van der Waals surface area contributed by atoms with Crippen LogP contribution in [0.15, 0.2) is 12.7 Å². The third-order valence-corrected chi connectivity index (χ3v) is 6.65. The number of quaternary nitrogens is 1. The molecule has 5 nitrogen and oxygen atoms in total. The van der Waals surface area contributed by atoms with Crippen LogP contribution in [-0.2, 0) is 0 Å². The molecular formula is C29H62ClNO4. The van der Waals surface area contributed by atoms with Crippen LogP contribution in [0.25, 0.3) is 0 Å². The third-order valence-electron chi connectivity index (χ3n) is 6.65. The molecule has 0 spiro atoms. The molecule has 0 aromatic rings. The van der Waals surface area contributed by atoms with E-state index in [4.69, 9.17) is 20.4 Å². The molecule has 0 aromatic carbocycles. The highest BCUT2D eigenvalue weighted by molar-refractivity contribution is 4.65. The van der Waals surface area contributed by atoms with Gasteiger partial charge in [0.25, 0.3) is 0 Å². The van der Waals surface area contributed by atoms with Crippen LogP contribution >= 0.6 is 0 Å². The molecule has 0 bridgehead atoms. The predicted molar refractivity (Wildman–Crippen MR) is 147 cm³/mol. The molecule has 0 amide bonds. The second-order valence-corrected chi connectivity index (χ2v) is 10.3. The second-order valence-electron chi connectivity index (χ2n) is 10.3. The summed E-state index contributed by atoms with van der Waals surface area (Å²) in [7, 11) is 2.35.